The molecule has 0 unspecified atom stereocenters. The second-order valence-electron chi connectivity index (χ2n) is 2.84. The normalized spacial score (nSPS) is 10.4. The Balaban J connectivity index is 2.91. The van der Waals surface area contributed by atoms with E-state index in [1.54, 1.807) is 11.3 Å². The van der Waals surface area contributed by atoms with E-state index in [0.717, 1.165) is 0 Å². The maximum atomic E-state index is 3.83. The van der Waals surface area contributed by atoms with Crippen molar-refractivity contribution in [3.8, 4) is 0 Å². The summed E-state index contributed by atoms with van der Waals surface area (Å²) >= 11 is 1.78. The van der Waals surface area contributed by atoms with Crippen molar-refractivity contribution in [3.05, 3.63) is 41.3 Å². The molecule has 0 fully saturated rings. The van der Waals surface area contributed by atoms with Crippen molar-refractivity contribution in [2.24, 2.45) is 0 Å². The number of rotatable bonds is 1. The lowest BCUT2D eigenvalue weighted by atomic mass is 10.1. The highest BCUT2D eigenvalue weighted by molar-refractivity contribution is 7.17. The van der Waals surface area contributed by atoms with Gasteiger partial charge in [-0.3, -0.25) is 0 Å². The molecule has 0 amide bonds. The van der Waals surface area contributed by atoms with Crippen molar-refractivity contribution in [2.45, 2.75) is 6.92 Å². The van der Waals surface area contributed by atoms with Crippen LogP contribution in [0.4, 0.5) is 0 Å². The summed E-state index contributed by atoms with van der Waals surface area (Å²) in [5.74, 6) is 0. The van der Waals surface area contributed by atoms with Crippen molar-refractivity contribution < 1.29 is 0 Å². The average molecular weight is 174 g/mol. The van der Waals surface area contributed by atoms with Crippen LogP contribution in [0.1, 0.15) is 11.1 Å². The third-order valence-electron chi connectivity index (χ3n) is 2.08. The molecule has 0 spiro atoms. The summed E-state index contributed by atoms with van der Waals surface area (Å²) in [6, 6.07) is 6.45. The van der Waals surface area contributed by atoms with Crippen LogP contribution in [0, 0.1) is 6.92 Å². The fraction of sp³-hybridized carbons (Fsp3) is 0.0909. The fourth-order valence-electron chi connectivity index (χ4n) is 1.41. The van der Waals surface area contributed by atoms with Crippen molar-refractivity contribution >= 4 is 27.5 Å². The number of fused-ring (bicyclic) bond motifs is 1. The van der Waals surface area contributed by atoms with E-state index in [-0.39, 0.29) is 0 Å². The molecule has 0 radical (unpaired) electrons. The molecule has 2 aromatic rings. The highest BCUT2D eigenvalue weighted by Gasteiger charge is 2.01. The Morgan fingerprint density at radius 1 is 1.33 bits per heavy atom. The van der Waals surface area contributed by atoms with Crippen LogP contribution in [-0.2, 0) is 0 Å². The highest BCUT2D eigenvalue weighted by atomic mass is 32.1. The molecule has 1 heterocycles. The Kier molecular flexibility index (Phi) is 1.74. The molecule has 1 heteroatoms. The van der Waals surface area contributed by atoms with Gasteiger partial charge in [0.2, 0.25) is 0 Å². The van der Waals surface area contributed by atoms with Crippen LogP contribution in [0.5, 0.6) is 0 Å². The van der Waals surface area contributed by atoms with Crippen molar-refractivity contribution in [1.29, 1.82) is 0 Å². The minimum absolute atomic E-state index is 1.28. The fourth-order valence-corrected chi connectivity index (χ4v) is 2.40. The predicted octanol–water partition coefficient (Wildman–Crippen LogP) is 3.85. The maximum absolute atomic E-state index is 3.83. The second kappa shape index (κ2) is 2.76. The molecule has 0 aliphatic rings. The van der Waals surface area contributed by atoms with E-state index in [9.17, 15) is 0 Å². The van der Waals surface area contributed by atoms with E-state index in [4.69, 9.17) is 0 Å². The van der Waals surface area contributed by atoms with Gasteiger partial charge in [-0.15, -0.1) is 11.3 Å². The molecule has 1 aromatic carbocycles. The predicted molar refractivity (Wildman–Crippen MR) is 56.7 cm³/mol. The van der Waals surface area contributed by atoms with Crippen molar-refractivity contribution in [3.63, 3.8) is 0 Å². The molecule has 0 N–H and O–H groups in total. The molecule has 0 atom stereocenters. The van der Waals surface area contributed by atoms with Crippen LogP contribution in [-0.4, -0.2) is 0 Å². The van der Waals surface area contributed by atoms with Gasteiger partial charge in [0.25, 0.3) is 0 Å². The Morgan fingerprint density at radius 3 is 2.92 bits per heavy atom. The average Bonchev–Trinajstić information content (AvgIpc) is 2.52. The van der Waals surface area contributed by atoms with Crippen LogP contribution in [0.25, 0.3) is 16.2 Å². The molecule has 0 bridgehead atoms. The number of hydrogen-bond acceptors (Lipinski definition) is 1. The molecule has 0 saturated carbocycles. The SMILES string of the molecule is C=Cc1c(C)ccc2ccsc12. The third kappa shape index (κ3) is 0.978. The monoisotopic (exact) mass is 174 g/mol. The summed E-state index contributed by atoms with van der Waals surface area (Å²) in [7, 11) is 0. The highest BCUT2D eigenvalue weighted by Crippen LogP contribution is 2.27. The summed E-state index contributed by atoms with van der Waals surface area (Å²) < 4.78 is 1.35. The van der Waals surface area contributed by atoms with Gasteiger partial charge in [-0.1, -0.05) is 24.8 Å². The first-order valence-corrected chi connectivity index (χ1v) is 4.80. The van der Waals surface area contributed by atoms with Gasteiger partial charge in [-0.25, -0.2) is 0 Å². The molecular weight excluding hydrogens is 164 g/mol. The van der Waals surface area contributed by atoms with Gasteiger partial charge >= 0.3 is 0 Å². The maximum Gasteiger partial charge on any atom is 0.0417 e. The molecule has 12 heavy (non-hydrogen) atoms. The third-order valence-corrected chi connectivity index (χ3v) is 3.05. The zero-order chi connectivity index (χ0) is 8.55. The van der Waals surface area contributed by atoms with E-state index in [1.165, 1.54) is 21.2 Å². The number of thiophene rings is 1. The van der Waals surface area contributed by atoms with Crippen LogP contribution in [0.3, 0.4) is 0 Å². The summed E-state index contributed by atoms with van der Waals surface area (Å²) in [6.45, 7) is 5.95. The van der Waals surface area contributed by atoms with Gasteiger partial charge in [0.05, 0.1) is 0 Å². The lowest BCUT2D eigenvalue weighted by Gasteiger charge is -2.00. The van der Waals surface area contributed by atoms with Crippen LogP contribution in [0.15, 0.2) is 30.2 Å². The molecule has 0 nitrogen and oxygen atoms in total. The molecule has 0 aliphatic carbocycles. The summed E-state index contributed by atoms with van der Waals surface area (Å²) in [4.78, 5) is 0. The van der Waals surface area contributed by atoms with Gasteiger partial charge < -0.3 is 0 Å². The summed E-state index contributed by atoms with van der Waals surface area (Å²) in [5.41, 5.74) is 2.59. The number of aryl methyl sites for hydroxylation is 1. The van der Waals surface area contributed by atoms with Crippen LogP contribution < -0.4 is 0 Å². The van der Waals surface area contributed by atoms with Crippen LogP contribution >= 0.6 is 11.3 Å². The summed E-state index contributed by atoms with van der Waals surface area (Å²) in [6.07, 6.45) is 1.94. The topological polar surface area (TPSA) is 0 Å². The first-order valence-electron chi connectivity index (χ1n) is 3.92. The zero-order valence-corrected chi connectivity index (χ0v) is 7.82. The van der Waals surface area contributed by atoms with Crippen molar-refractivity contribution in [1.82, 2.24) is 0 Å². The number of benzene rings is 1. The molecule has 2 rings (SSSR count). The van der Waals surface area contributed by atoms with Gasteiger partial charge in [0.15, 0.2) is 0 Å². The molecule has 60 valence electrons. The second-order valence-corrected chi connectivity index (χ2v) is 3.76. The van der Waals surface area contributed by atoms with Crippen LogP contribution in [0.2, 0.25) is 0 Å². The van der Waals surface area contributed by atoms with Gasteiger partial charge in [-0.05, 0) is 34.9 Å². The Morgan fingerprint density at radius 2 is 2.17 bits per heavy atom. The van der Waals surface area contributed by atoms with E-state index in [1.807, 2.05) is 6.08 Å². The minimum Gasteiger partial charge on any atom is -0.143 e. The smallest absolute Gasteiger partial charge is 0.0417 e. The molecule has 1 aromatic heterocycles. The largest absolute Gasteiger partial charge is 0.143 e. The van der Waals surface area contributed by atoms with Gasteiger partial charge in [-0.2, -0.15) is 0 Å². The van der Waals surface area contributed by atoms with E-state index in [2.05, 4.69) is 37.1 Å². The standard InChI is InChI=1S/C11H10S/c1-3-10-8(2)4-5-9-6-7-12-11(9)10/h3-7H,1H2,2H3. The van der Waals surface area contributed by atoms with Gasteiger partial charge in [0, 0.05) is 4.70 Å². The summed E-state index contributed by atoms with van der Waals surface area (Å²) in [5, 5.41) is 3.44. The lowest BCUT2D eigenvalue weighted by molar-refractivity contribution is 1.49. The lowest BCUT2D eigenvalue weighted by Crippen LogP contribution is -1.78. The van der Waals surface area contributed by atoms with E-state index < -0.39 is 0 Å². The van der Waals surface area contributed by atoms with E-state index >= 15 is 0 Å². The molecule has 0 saturated heterocycles. The Hall–Kier alpha value is -1.08. The Labute approximate surface area is 76.2 Å². The Bertz CT molecular complexity index is 423. The van der Waals surface area contributed by atoms with Crippen molar-refractivity contribution in [2.75, 3.05) is 0 Å². The number of hydrogen-bond donors (Lipinski definition) is 0. The first kappa shape index (κ1) is 7.56. The minimum atomic E-state index is 1.28. The zero-order valence-electron chi connectivity index (χ0n) is 7.00. The first-order chi connectivity index (χ1) is 5.83. The molecule has 0 aliphatic heterocycles. The van der Waals surface area contributed by atoms with E-state index in [0.29, 0.717) is 0 Å². The van der Waals surface area contributed by atoms with Gasteiger partial charge in [0.1, 0.15) is 0 Å². The quantitative estimate of drug-likeness (QED) is 0.616. The molecular formula is C11H10S.